The van der Waals surface area contributed by atoms with Crippen molar-refractivity contribution in [2.24, 2.45) is 0 Å². The highest BCUT2D eigenvalue weighted by atomic mass is 16.5. The molecule has 1 amide bonds. The minimum absolute atomic E-state index is 0.0157. The Bertz CT molecular complexity index is 378. The van der Waals surface area contributed by atoms with E-state index in [0.29, 0.717) is 19.7 Å². The number of amides is 1. The molecule has 0 bridgehead atoms. The summed E-state index contributed by atoms with van der Waals surface area (Å²) in [4.78, 5) is 11.7. The van der Waals surface area contributed by atoms with Crippen molar-refractivity contribution in [1.29, 1.82) is 0 Å². The van der Waals surface area contributed by atoms with Gasteiger partial charge in [0.15, 0.2) is 0 Å². The number of carbonyl (C=O) groups is 1. The number of aromatic nitrogens is 2. The fourth-order valence-electron chi connectivity index (χ4n) is 1.64. The lowest BCUT2D eigenvalue weighted by Crippen LogP contribution is -2.42. The van der Waals surface area contributed by atoms with Gasteiger partial charge in [0, 0.05) is 38.5 Å². The van der Waals surface area contributed by atoms with Crippen molar-refractivity contribution in [3.05, 3.63) is 18.0 Å². The number of aryl methyl sites for hydroxylation is 1. The lowest BCUT2D eigenvalue weighted by Gasteiger charge is -2.13. The third-order valence-electron chi connectivity index (χ3n) is 2.75. The van der Waals surface area contributed by atoms with E-state index in [-0.39, 0.29) is 11.9 Å². The first kappa shape index (κ1) is 15.7. The smallest absolute Gasteiger partial charge is 0.236 e. The first-order valence-corrected chi connectivity index (χ1v) is 6.68. The van der Waals surface area contributed by atoms with Crippen LogP contribution in [0.25, 0.3) is 0 Å². The van der Waals surface area contributed by atoms with E-state index in [4.69, 9.17) is 4.74 Å². The van der Waals surface area contributed by atoms with E-state index in [0.717, 1.165) is 18.5 Å². The molecule has 1 atom stereocenters. The molecule has 1 unspecified atom stereocenters. The highest BCUT2D eigenvalue weighted by Crippen LogP contribution is 1.99. The Morgan fingerprint density at radius 1 is 1.58 bits per heavy atom. The summed E-state index contributed by atoms with van der Waals surface area (Å²) in [5.74, 6) is -0.0157. The molecule has 0 aliphatic carbocycles. The minimum atomic E-state index is -0.230. The van der Waals surface area contributed by atoms with E-state index in [9.17, 15) is 4.79 Å². The van der Waals surface area contributed by atoms with Crippen LogP contribution in [-0.4, -0.2) is 42.0 Å². The normalized spacial score (nSPS) is 12.4. The Kier molecular flexibility index (Phi) is 7.14. The zero-order valence-electron chi connectivity index (χ0n) is 12.0. The van der Waals surface area contributed by atoms with Crippen molar-refractivity contribution in [3.63, 3.8) is 0 Å². The predicted molar refractivity (Wildman–Crippen MR) is 73.7 cm³/mol. The number of hydrogen-bond acceptors (Lipinski definition) is 4. The Morgan fingerprint density at radius 2 is 2.37 bits per heavy atom. The number of carbonyl (C=O) groups excluding carboxylic acids is 1. The standard InChI is InChI=1S/C13H24N4O2/c1-4-6-17-10-12(9-16-17)8-15-11(2)13(18)14-5-7-19-3/h9-11,15H,4-8H2,1-3H3,(H,14,18). The molecule has 19 heavy (non-hydrogen) atoms. The van der Waals surface area contributed by atoms with Crippen LogP contribution in [0.4, 0.5) is 0 Å². The number of nitrogens with one attached hydrogen (secondary N) is 2. The van der Waals surface area contributed by atoms with Crippen molar-refractivity contribution < 1.29 is 9.53 Å². The molecule has 1 aromatic rings. The number of rotatable bonds is 9. The summed E-state index contributed by atoms with van der Waals surface area (Å²) in [5, 5.41) is 10.2. The molecule has 0 aliphatic rings. The number of methoxy groups -OCH3 is 1. The molecule has 6 nitrogen and oxygen atoms in total. The maximum Gasteiger partial charge on any atom is 0.236 e. The van der Waals surface area contributed by atoms with Gasteiger partial charge in [-0.1, -0.05) is 6.92 Å². The Labute approximate surface area is 114 Å². The first-order chi connectivity index (χ1) is 9.17. The highest BCUT2D eigenvalue weighted by molar-refractivity contribution is 5.81. The molecule has 0 fully saturated rings. The molecule has 1 heterocycles. The summed E-state index contributed by atoms with van der Waals surface area (Å²) in [5.41, 5.74) is 1.09. The third-order valence-corrected chi connectivity index (χ3v) is 2.75. The van der Waals surface area contributed by atoms with E-state index in [2.05, 4.69) is 22.7 Å². The quantitative estimate of drug-likeness (QED) is 0.641. The molecule has 0 aliphatic heterocycles. The van der Waals surface area contributed by atoms with Crippen molar-refractivity contribution in [3.8, 4) is 0 Å². The molecule has 1 aromatic heterocycles. The monoisotopic (exact) mass is 268 g/mol. The van der Waals surface area contributed by atoms with Crippen LogP contribution in [0.1, 0.15) is 25.8 Å². The summed E-state index contributed by atoms with van der Waals surface area (Å²) in [6.07, 6.45) is 4.90. The molecule has 0 spiro atoms. The fourth-order valence-corrected chi connectivity index (χ4v) is 1.64. The molecule has 0 saturated heterocycles. The number of hydrogen-bond donors (Lipinski definition) is 2. The maximum absolute atomic E-state index is 11.7. The molecular formula is C13H24N4O2. The van der Waals surface area contributed by atoms with Crippen molar-refractivity contribution in [2.75, 3.05) is 20.3 Å². The second kappa shape index (κ2) is 8.66. The predicted octanol–water partition coefficient (Wildman–Crippen LogP) is 0.534. The van der Waals surface area contributed by atoms with Crippen LogP contribution < -0.4 is 10.6 Å². The largest absolute Gasteiger partial charge is 0.383 e. The van der Waals surface area contributed by atoms with Gasteiger partial charge in [0.2, 0.25) is 5.91 Å². The van der Waals surface area contributed by atoms with Crippen LogP contribution in [-0.2, 0) is 22.6 Å². The van der Waals surface area contributed by atoms with Gasteiger partial charge in [-0.3, -0.25) is 9.48 Å². The summed E-state index contributed by atoms with van der Waals surface area (Å²) in [6, 6.07) is -0.230. The Balaban J connectivity index is 2.28. The lowest BCUT2D eigenvalue weighted by atomic mass is 10.3. The molecule has 0 saturated carbocycles. The molecule has 6 heteroatoms. The first-order valence-electron chi connectivity index (χ1n) is 6.68. The molecule has 1 rings (SSSR count). The fraction of sp³-hybridized carbons (Fsp3) is 0.692. The van der Waals surface area contributed by atoms with Crippen LogP contribution in [0.2, 0.25) is 0 Å². The van der Waals surface area contributed by atoms with Gasteiger partial charge < -0.3 is 15.4 Å². The summed E-state index contributed by atoms with van der Waals surface area (Å²) in [7, 11) is 1.61. The van der Waals surface area contributed by atoms with Crippen molar-refractivity contribution >= 4 is 5.91 Å². The summed E-state index contributed by atoms with van der Waals surface area (Å²) >= 11 is 0. The van der Waals surface area contributed by atoms with Crippen LogP contribution in [0.3, 0.4) is 0 Å². The average Bonchev–Trinajstić information content (AvgIpc) is 2.84. The van der Waals surface area contributed by atoms with E-state index in [1.165, 1.54) is 0 Å². The van der Waals surface area contributed by atoms with Gasteiger partial charge in [0.1, 0.15) is 0 Å². The molecule has 0 radical (unpaired) electrons. The van der Waals surface area contributed by atoms with Gasteiger partial charge in [-0.25, -0.2) is 0 Å². The van der Waals surface area contributed by atoms with Gasteiger partial charge in [0.05, 0.1) is 18.8 Å². The Morgan fingerprint density at radius 3 is 3.05 bits per heavy atom. The highest BCUT2D eigenvalue weighted by Gasteiger charge is 2.11. The van der Waals surface area contributed by atoms with Crippen molar-refractivity contribution in [2.45, 2.75) is 39.4 Å². The number of nitrogens with zero attached hydrogens (tertiary/aromatic N) is 2. The molecule has 0 aromatic carbocycles. The van der Waals surface area contributed by atoms with Gasteiger partial charge in [-0.15, -0.1) is 0 Å². The lowest BCUT2D eigenvalue weighted by molar-refractivity contribution is -0.122. The van der Waals surface area contributed by atoms with E-state index in [1.54, 1.807) is 7.11 Å². The van der Waals surface area contributed by atoms with Crippen molar-refractivity contribution in [1.82, 2.24) is 20.4 Å². The van der Waals surface area contributed by atoms with E-state index in [1.807, 2.05) is 24.0 Å². The zero-order valence-corrected chi connectivity index (χ0v) is 12.0. The molecule has 2 N–H and O–H groups in total. The van der Waals surface area contributed by atoms with E-state index < -0.39 is 0 Å². The third kappa shape index (κ3) is 5.85. The van der Waals surface area contributed by atoms with Crippen LogP contribution >= 0.6 is 0 Å². The van der Waals surface area contributed by atoms with Crippen LogP contribution in [0.5, 0.6) is 0 Å². The van der Waals surface area contributed by atoms with E-state index >= 15 is 0 Å². The Hall–Kier alpha value is -1.40. The number of ether oxygens (including phenoxy) is 1. The minimum Gasteiger partial charge on any atom is -0.383 e. The summed E-state index contributed by atoms with van der Waals surface area (Å²) < 4.78 is 6.80. The topological polar surface area (TPSA) is 68.2 Å². The van der Waals surface area contributed by atoms with Gasteiger partial charge in [-0.05, 0) is 13.3 Å². The maximum atomic E-state index is 11.7. The average molecular weight is 268 g/mol. The summed E-state index contributed by atoms with van der Waals surface area (Å²) in [6.45, 7) is 6.60. The van der Waals surface area contributed by atoms with Gasteiger partial charge in [0.25, 0.3) is 0 Å². The second-order valence-electron chi connectivity index (χ2n) is 4.50. The SMILES string of the molecule is CCCn1cc(CNC(C)C(=O)NCCOC)cn1. The molecular weight excluding hydrogens is 244 g/mol. The molecule has 108 valence electrons. The van der Waals surface area contributed by atoms with Gasteiger partial charge in [-0.2, -0.15) is 5.10 Å². The van der Waals surface area contributed by atoms with Crippen LogP contribution in [0, 0.1) is 0 Å². The zero-order chi connectivity index (χ0) is 14.1. The second-order valence-corrected chi connectivity index (χ2v) is 4.50. The van der Waals surface area contributed by atoms with Crippen LogP contribution in [0.15, 0.2) is 12.4 Å². The van der Waals surface area contributed by atoms with Gasteiger partial charge >= 0.3 is 0 Å².